The number of aryl methyl sites for hydroxylation is 1. The molecule has 1 aliphatic carbocycles. The maximum absolute atomic E-state index is 11.8. The van der Waals surface area contributed by atoms with Crippen LogP contribution in [0.25, 0.3) is 10.6 Å². The van der Waals surface area contributed by atoms with Crippen LogP contribution in [0.1, 0.15) is 22.5 Å². The van der Waals surface area contributed by atoms with Crippen molar-refractivity contribution >= 4 is 17.1 Å². The largest absolute Gasteiger partial charge is 0.293 e. The summed E-state index contributed by atoms with van der Waals surface area (Å²) in [7, 11) is 1.90. The lowest BCUT2D eigenvalue weighted by Crippen LogP contribution is -1.96. The lowest BCUT2D eigenvalue weighted by atomic mass is 10.2. The number of carbonyl (C=O) groups excluding carboxylic acids is 1. The third kappa shape index (κ3) is 1.69. The number of aromatic nitrogens is 2. The molecule has 2 aromatic rings. The van der Waals surface area contributed by atoms with Crippen LogP contribution < -0.4 is 0 Å². The predicted octanol–water partition coefficient (Wildman–Crippen LogP) is 2.74. The van der Waals surface area contributed by atoms with Crippen molar-refractivity contribution < 1.29 is 4.79 Å². The molecule has 0 bridgehead atoms. The summed E-state index contributed by atoms with van der Waals surface area (Å²) in [6, 6.07) is 5.88. The van der Waals surface area contributed by atoms with Gasteiger partial charge in [-0.25, -0.2) is 0 Å². The van der Waals surface area contributed by atoms with Gasteiger partial charge in [-0.05, 0) is 31.0 Å². The van der Waals surface area contributed by atoms with Crippen LogP contribution in [0.5, 0.6) is 0 Å². The Hall–Kier alpha value is -1.42. The number of Topliss-reactive ketones (excluding diaryl/α,β-unsaturated/α-hetero) is 1. The molecule has 1 aliphatic rings. The Labute approximate surface area is 97.7 Å². The van der Waals surface area contributed by atoms with Gasteiger partial charge < -0.3 is 0 Å². The molecular weight excluding hydrogens is 220 g/mol. The van der Waals surface area contributed by atoms with Gasteiger partial charge in [-0.15, -0.1) is 11.3 Å². The van der Waals surface area contributed by atoms with E-state index in [4.69, 9.17) is 0 Å². The molecule has 82 valence electrons. The lowest BCUT2D eigenvalue weighted by molar-refractivity contribution is 0.0971. The van der Waals surface area contributed by atoms with E-state index in [2.05, 4.69) is 5.10 Å². The van der Waals surface area contributed by atoms with Gasteiger partial charge in [-0.2, -0.15) is 5.10 Å². The first kappa shape index (κ1) is 9.78. The molecule has 0 spiro atoms. The highest BCUT2D eigenvalue weighted by atomic mass is 32.1. The van der Waals surface area contributed by atoms with Gasteiger partial charge in [0.05, 0.1) is 9.75 Å². The fraction of sp³-hybridized carbons (Fsp3) is 0.333. The van der Waals surface area contributed by atoms with Gasteiger partial charge in [-0.1, -0.05) is 0 Å². The quantitative estimate of drug-likeness (QED) is 0.763. The maximum Gasteiger partial charge on any atom is 0.175 e. The summed E-state index contributed by atoms with van der Waals surface area (Å²) in [5, 5.41) is 4.33. The minimum Gasteiger partial charge on any atom is -0.293 e. The van der Waals surface area contributed by atoms with E-state index in [1.807, 2.05) is 31.4 Å². The van der Waals surface area contributed by atoms with Crippen molar-refractivity contribution in [2.45, 2.75) is 12.8 Å². The molecule has 2 heterocycles. The van der Waals surface area contributed by atoms with Gasteiger partial charge in [0.25, 0.3) is 0 Å². The molecule has 0 aromatic carbocycles. The molecule has 3 rings (SSSR count). The standard InChI is InChI=1S/C12H12N2OS/c1-14-7-6-9(13-14)10-4-5-11(16-10)12(15)8-2-3-8/h4-8H,2-3H2,1H3. The summed E-state index contributed by atoms with van der Waals surface area (Å²) in [5.74, 6) is 0.613. The number of ketones is 1. The molecule has 3 nitrogen and oxygen atoms in total. The second kappa shape index (κ2) is 3.56. The van der Waals surface area contributed by atoms with Gasteiger partial charge in [-0.3, -0.25) is 9.48 Å². The molecule has 0 N–H and O–H groups in total. The molecule has 2 aromatic heterocycles. The van der Waals surface area contributed by atoms with E-state index < -0.39 is 0 Å². The summed E-state index contributed by atoms with van der Waals surface area (Å²) in [6.45, 7) is 0. The van der Waals surface area contributed by atoms with Crippen molar-refractivity contribution in [1.82, 2.24) is 9.78 Å². The molecule has 0 amide bonds. The molecule has 1 saturated carbocycles. The smallest absolute Gasteiger partial charge is 0.175 e. The van der Waals surface area contributed by atoms with Crippen LogP contribution in [0, 0.1) is 5.92 Å². The van der Waals surface area contributed by atoms with Crippen molar-refractivity contribution in [2.24, 2.45) is 13.0 Å². The number of carbonyl (C=O) groups is 1. The van der Waals surface area contributed by atoms with E-state index in [0.717, 1.165) is 28.3 Å². The van der Waals surface area contributed by atoms with Crippen molar-refractivity contribution in [2.75, 3.05) is 0 Å². The van der Waals surface area contributed by atoms with E-state index in [1.54, 1.807) is 16.0 Å². The average Bonchev–Trinajstić information content (AvgIpc) is 2.84. The second-order valence-corrected chi connectivity index (χ2v) is 5.26. The molecule has 0 atom stereocenters. The molecule has 16 heavy (non-hydrogen) atoms. The lowest BCUT2D eigenvalue weighted by Gasteiger charge is -1.91. The van der Waals surface area contributed by atoms with Crippen LogP contribution >= 0.6 is 11.3 Å². The Balaban J connectivity index is 1.89. The molecule has 0 aliphatic heterocycles. The number of thiophene rings is 1. The summed E-state index contributed by atoms with van der Waals surface area (Å²) >= 11 is 1.55. The summed E-state index contributed by atoms with van der Waals surface area (Å²) in [5.41, 5.74) is 0.947. The number of hydrogen-bond donors (Lipinski definition) is 0. The normalized spacial score (nSPS) is 15.3. The highest BCUT2D eigenvalue weighted by Crippen LogP contribution is 2.36. The molecule has 0 radical (unpaired) electrons. The summed E-state index contributed by atoms with van der Waals surface area (Å²) in [6.07, 6.45) is 4.04. The highest BCUT2D eigenvalue weighted by Gasteiger charge is 2.31. The first-order chi connectivity index (χ1) is 7.74. The molecular formula is C12H12N2OS. The van der Waals surface area contributed by atoms with E-state index in [9.17, 15) is 4.79 Å². The maximum atomic E-state index is 11.8. The number of rotatable bonds is 3. The first-order valence-corrected chi connectivity index (χ1v) is 6.20. The average molecular weight is 232 g/mol. The van der Waals surface area contributed by atoms with Gasteiger partial charge in [0, 0.05) is 19.2 Å². The Bertz CT molecular complexity index is 537. The van der Waals surface area contributed by atoms with Gasteiger partial charge in [0.15, 0.2) is 5.78 Å². The van der Waals surface area contributed by atoms with E-state index in [-0.39, 0.29) is 0 Å². The van der Waals surface area contributed by atoms with Crippen LogP contribution in [0.4, 0.5) is 0 Å². The minimum atomic E-state index is 0.301. The second-order valence-electron chi connectivity index (χ2n) is 4.18. The zero-order valence-electron chi connectivity index (χ0n) is 9.01. The third-order valence-electron chi connectivity index (χ3n) is 2.76. The van der Waals surface area contributed by atoms with Crippen LogP contribution in [-0.2, 0) is 7.05 Å². The van der Waals surface area contributed by atoms with Crippen LogP contribution in [0.2, 0.25) is 0 Å². The van der Waals surface area contributed by atoms with Gasteiger partial charge in [0.2, 0.25) is 0 Å². The monoisotopic (exact) mass is 232 g/mol. The van der Waals surface area contributed by atoms with Crippen molar-refractivity contribution in [3.63, 3.8) is 0 Å². The predicted molar refractivity (Wildman–Crippen MR) is 63.6 cm³/mol. The van der Waals surface area contributed by atoms with Crippen LogP contribution in [-0.4, -0.2) is 15.6 Å². The Kier molecular flexibility index (Phi) is 2.17. The zero-order chi connectivity index (χ0) is 11.1. The van der Waals surface area contributed by atoms with Gasteiger partial charge >= 0.3 is 0 Å². The van der Waals surface area contributed by atoms with Crippen molar-refractivity contribution in [3.05, 3.63) is 29.3 Å². The zero-order valence-corrected chi connectivity index (χ0v) is 9.83. The van der Waals surface area contributed by atoms with E-state index >= 15 is 0 Å². The Morgan fingerprint density at radius 3 is 2.88 bits per heavy atom. The van der Waals surface area contributed by atoms with Crippen LogP contribution in [0.3, 0.4) is 0 Å². The van der Waals surface area contributed by atoms with E-state index in [1.165, 1.54) is 0 Å². The van der Waals surface area contributed by atoms with Crippen LogP contribution in [0.15, 0.2) is 24.4 Å². The Morgan fingerprint density at radius 1 is 1.44 bits per heavy atom. The topological polar surface area (TPSA) is 34.9 Å². The number of hydrogen-bond acceptors (Lipinski definition) is 3. The molecule has 0 saturated heterocycles. The van der Waals surface area contributed by atoms with Crippen molar-refractivity contribution in [3.8, 4) is 10.6 Å². The highest BCUT2D eigenvalue weighted by molar-refractivity contribution is 7.17. The fourth-order valence-corrected chi connectivity index (χ4v) is 2.69. The number of nitrogens with zero attached hydrogens (tertiary/aromatic N) is 2. The SMILES string of the molecule is Cn1ccc(-c2ccc(C(=O)C3CC3)s2)n1. The van der Waals surface area contributed by atoms with Crippen molar-refractivity contribution in [1.29, 1.82) is 0 Å². The fourth-order valence-electron chi connectivity index (χ4n) is 1.70. The molecule has 0 unspecified atom stereocenters. The minimum absolute atomic E-state index is 0.301. The molecule has 4 heteroatoms. The Morgan fingerprint density at radius 2 is 2.25 bits per heavy atom. The first-order valence-electron chi connectivity index (χ1n) is 5.38. The molecule has 1 fully saturated rings. The third-order valence-corrected chi connectivity index (χ3v) is 3.89. The summed E-state index contributed by atoms with van der Waals surface area (Å²) in [4.78, 5) is 13.8. The van der Waals surface area contributed by atoms with E-state index in [0.29, 0.717) is 11.7 Å². The van der Waals surface area contributed by atoms with Gasteiger partial charge in [0.1, 0.15) is 5.69 Å². The summed E-state index contributed by atoms with van der Waals surface area (Å²) < 4.78 is 1.78.